The molecule has 1 fully saturated rings. The van der Waals surface area contributed by atoms with E-state index >= 15 is 0 Å². The molecule has 0 spiro atoms. The van der Waals surface area contributed by atoms with E-state index in [2.05, 4.69) is 21.0 Å². The number of rotatable bonds is 12. The fourth-order valence-corrected chi connectivity index (χ4v) is 4.34. The van der Waals surface area contributed by atoms with Crippen molar-refractivity contribution in [2.24, 2.45) is 0 Å². The van der Waals surface area contributed by atoms with Crippen LogP contribution < -0.4 is 0 Å². The normalized spacial score (nSPS) is 18.8. The van der Waals surface area contributed by atoms with Crippen molar-refractivity contribution in [3.05, 3.63) is 0 Å². The van der Waals surface area contributed by atoms with Gasteiger partial charge in [-0.2, -0.15) is 0 Å². The lowest BCUT2D eigenvalue weighted by Crippen LogP contribution is -2.43. The Kier molecular flexibility index (Phi) is 15.6. The quantitative estimate of drug-likeness (QED) is 0.190. The van der Waals surface area contributed by atoms with Gasteiger partial charge in [-0.05, 0) is 25.7 Å². The van der Waals surface area contributed by atoms with Gasteiger partial charge in [-0.15, -0.1) is 0 Å². The summed E-state index contributed by atoms with van der Waals surface area (Å²) in [6.07, 6.45) is 27.2. The van der Waals surface area contributed by atoms with Gasteiger partial charge in [0.2, 0.25) is 0 Å². The number of quaternary nitrogens is 1. The fourth-order valence-electron chi connectivity index (χ4n) is 4.34. The van der Waals surface area contributed by atoms with Crippen molar-refractivity contribution >= 4 is 0 Å². The van der Waals surface area contributed by atoms with Crippen LogP contribution in [0, 0.1) is 0 Å². The maximum atomic E-state index is 6.45. The predicted octanol–water partition coefficient (Wildman–Crippen LogP) is 7.85. The molecule has 0 aliphatic heterocycles. The third-order valence-corrected chi connectivity index (χ3v) is 6.33. The molecule has 27 heavy (non-hydrogen) atoms. The van der Waals surface area contributed by atoms with Crippen LogP contribution in [-0.2, 0) is 4.74 Å². The van der Waals surface area contributed by atoms with Gasteiger partial charge in [-0.25, -0.2) is 0 Å². The Morgan fingerprint density at radius 1 is 0.630 bits per heavy atom. The maximum Gasteiger partial charge on any atom is 0.183 e. The van der Waals surface area contributed by atoms with Gasteiger partial charge in [-0.1, -0.05) is 103 Å². The van der Waals surface area contributed by atoms with E-state index < -0.39 is 0 Å². The Bertz CT molecular complexity index is 303. The van der Waals surface area contributed by atoms with E-state index in [9.17, 15) is 0 Å². The molecule has 1 saturated carbocycles. The highest BCUT2D eigenvalue weighted by Crippen LogP contribution is 2.19. The van der Waals surface area contributed by atoms with E-state index in [-0.39, 0.29) is 0 Å². The van der Waals surface area contributed by atoms with Crippen LogP contribution in [0.5, 0.6) is 0 Å². The molecule has 0 atom stereocenters. The highest BCUT2D eigenvalue weighted by molar-refractivity contribution is 4.61. The van der Waals surface area contributed by atoms with Gasteiger partial charge in [0.1, 0.15) is 0 Å². The summed E-state index contributed by atoms with van der Waals surface area (Å²) in [7, 11) is 4.72. The molecule has 0 aromatic heterocycles. The molecule has 2 nitrogen and oxygen atoms in total. The molecule has 0 bridgehead atoms. The first-order valence-corrected chi connectivity index (χ1v) is 12.6. The number of ether oxygens (including phenoxy) is 1. The van der Waals surface area contributed by atoms with Crippen molar-refractivity contribution < 1.29 is 9.22 Å². The molecule has 1 aliphatic rings. The lowest BCUT2D eigenvalue weighted by Gasteiger charge is -2.31. The summed E-state index contributed by atoms with van der Waals surface area (Å²) in [4.78, 5) is 0. The highest BCUT2D eigenvalue weighted by Gasteiger charge is 2.18. The molecule has 0 heterocycles. The first-order chi connectivity index (χ1) is 13.1. The van der Waals surface area contributed by atoms with Gasteiger partial charge >= 0.3 is 0 Å². The summed E-state index contributed by atoms with van der Waals surface area (Å²) < 4.78 is 7.48. The average Bonchev–Trinajstić information content (AvgIpc) is 2.63. The standard InChI is InChI=1S/C25H52NO/c1-4-5-6-7-8-14-17-20-23-26(2,3)24-27-25-21-18-15-12-10-9-11-13-16-19-22-25/h25H,4-24H2,1-3H3/q+1. The molecule has 1 rings (SSSR count). The van der Waals surface area contributed by atoms with Crippen LogP contribution >= 0.6 is 0 Å². The third kappa shape index (κ3) is 15.5. The molecule has 1 aliphatic carbocycles. The van der Waals surface area contributed by atoms with Gasteiger partial charge < -0.3 is 9.22 Å². The highest BCUT2D eigenvalue weighted by atomic mass is 16.5. The predicted molar refractivity (Wildman–Crippen MR) is 120 cm³/mol. The average molecular weight is 383 g/mol. The molecule has 0 amide bonds. The zero-order chi connectivity index (χ0) is 19.6. The van der Waals surface area contributed by atoms with Crippen LogP contribution in [0.15, 0.2) is 0 Å². The summed E-state index contributed by atoms with van der Waals surface area (Å²) in [5.41, 5.74) is 0. The molecule has 0 saturated heterocycles. The topological polar surface area (TPSA) is 9.23 Å². The second-order valence-electron chi connectivity index (χ2n) is 9.81. The zero-order valence-corrected chi connectivity index (χ0v) is 19.3. The molecular weight excluding hydrogens is 330 g/mol. The Labute approximate surface area is 172 Å². The van der Waals surface area contributed by atoms with Crippen LogP contribution in [0.2, 0.25) is 0 Å². The molecule has 0 N–H and O–H groups in total. The molecular formula is C25H52NO+. The minimum absolute atomic E-state index is 0.514. The van der Waals surface area contributed by atoms with Crippen molar-refractivity contribution in [1.82, 2.24) is 0 Å². The lowest BCUT2D eigenvalue weighted by atomic mass is 9.99. The van der Waals surface area contributed by atoms with E-state index in [1.807, 2.05) is 0 Å². The maximum absolute atomic E-state index is 6.45. The monoisotopic (exact) mass is 382 g/mol. The van der Waals surface area contributed by atoms with Crippen LogP contribution in [0.1, 0.15) is 129 Å². The molecule has 0 aromatic rings. The minimum Gasteiger partial charge on any atom is -0.328 e. The first-order valence-electron chi connectivity index (χ1n) is 12.6. The summed E-state index contributed by atoms with van der Waals surface area (Å²) in [5, 5.41) is 0. The van der Waals surface area contributed by atoms with Gasteiger partial charge in [0, 0.05) is 0 Å². The smallest absolute Gasteiger partial charge is 0.183 e. The van der Waals surface area contributed by atoms with E-state index in [1.54, 1.807) is 0 Å². The Morgan fingerprint density at radius 3 is 1.59 bits per heavy atom. The molecule has 162 valence electrons. The van der Waals surface area contributed by atoms with Crippen LogP contribution in [0.3, 0.4) is 0 Å². The number of nitrogens with zero attached hydrogens (tertiary/aromatic N) is 1. The summed E-state index contributed by atoms with van der Waals surface area (Å²) >= 11 is 0. The van der Waals surface area contributed by atoms with E-state index in [4.69, 9.17) is 4.74 Å². The van der Waals surface area contributed by atoms with Gasteiger partial charge in [0.05, 0.1) is 26.7 Å². The van der Waals surface area contributed by atoms with Crippen LogP contribution in [0.4, 0.5) is 0 Å². The second kappa shape index (κ2) is 16.8. The van der Waals surface area contributed by atoms with Gasteiger partial charge in [0.25, 0.3) is 0 Å². The second-order valence-corrected chi connectivity index (χ2v) is 9.81. The Hall–Kier alpha value is -0.0800. The van der Waals surface area contributed by atoms with Crippen LogP contribution in [-0.4, -0.2) is 38.0 Å². The van der Waals surface area contributed by atoms with Crippen molar-refractivity contribution in [2.45, 2.75) is 135 Å². The van der Waals surface area contributed by atoms with Crippen LogP contribution in [0.25, 0.3) is 0 Å². The number of hydrogen-bond donors (Lipinski definition) is 0. The van der Waals surface area contributed by atoms with E-state index in [0.717, 1.165) is 11.2 Å². The molecule has 2 heteroatoms. The van der Waals surface area contributed by atoms with Crippen molar-refractivity contribution in [3.63, 3.8) is 0 Å². The van der Waals surface area contributed by atoms with Crippen molar-refractivity contribution in [3.8, 4) is 0 Å². The summed E-state index contributed by atoms with van der Waals surface area (Å²) in [5.74, 6) is 0. The number of unbranched alkanes of at least 4 members (excludes halogenated alkanes) is 7. The Balaban J connectivity index is 2.14. The summed E-state index contributed by atoms with van der Waals surface area (Å²) in [6.45, 7) is 4.47. The van der Waals surface area contributed by atoms with E-state index in [1.165, 1.54) is 129 Å². The fraction of sp³-hybridized carbons (Fsp3) is 1.00. The zero-order valence-electron chi connectivity index (χ0n) is 19.3. The van der Waals surface area contributed by atoms with Gasteiger partial charge in [-0.3, -0.25) is 0 Å². The largest absolute Gasteiger partial charge is 0.328 e. The van der Waals surface area contributed by atoms with Crippen molar-refractivity contribution in [1.29, 1.82) is 0 Å². The Morgan fingerprint density at radius 2 is 1.07 bits per heavy atom. The minimum atomic E-state index is 0.514. The van der Waals surface area contributed by atoms with Crippen molar-refractivity contribution in [2.75, 3.05) is 27.4 Å². The SMILES string of the molecule is CCCCCCCCCC[N+](C)(C)COC1CCCCCCCCCCC1. The first kappa shape index (κ1) is 25.0. The summed E-state index contributed by atoms with van der Waals surface area (Å²) in [6, 6.07) is 0. The lowest BCUT2D eigenvalue weighted by molar-refractivity contribution is -0.910. The molecule has 0 radical (unpaired) electrons. The van der Waals surface area contributed by atoms with E-state index in [0.29, 0.717) is 6.10 Å². The molecule has 0 aromatic carbocycles. The number of hydrogen-bond acceptors (Lipinski definition) is 1. The molecule has 0 unspecified atom stereocenters. The van der Waals surface area contributed by atoms with Gasteiger partial charge in [0.15, 0.2) is 6.73 Å². The third-order valence-electron chi connectivity index (χ3n) is 6.33.